The maximum Gasteiger partial charge on any atom is 0.126 e. The van der Waals surface area contributed by atoms with Crippen molar-refractivity contribution in [3.8, 4) is 5.75 Å². The van der Waals surface area contributed by atoms with E-state index in [1.807, 2.05) is 19.9 Å². The second-order valence-electron chi connectivity index (χ2n) is 7.03. The third-order valence-electron chi connectivity index (χ3n) is 4.18. The van der Waals surface area contributed by atoms with E-state index in [2.05, 4.69) is 39.8 Å². The van der Waals surface area contributed by atoms with Crippen LogP contribution in [-0.2, 0) is 5.60 Å². The van der Waals surface area contributed by atoms with E-state index in [4.69, 9.17) is 4.74 Å². The van der Waals surface area contributed by atoms with E-state index in [1.54, 1.807) is 0 Å². The zero-order valence-corrected chi connectivity index (χ0v) is 12.9. The molecule has 0 bridgehead atoms. The van der Waals surface area contributed by atoms with Gasteiger partial charge in [0.25, 0.3) is 0 Å². The van der Waals surface area contributed by atoms with Crippen LogP contribution in [0.3, 0.4) is 0 Å². The molecule has 0 aromatic heterocycles. The van der Waals surface area contributed by atoms with Crippen molar-refractivity contribution in [2.75, 3.05) is 0 Å². The molecule has 0 radical (unpaired) electrons. The van der Waals surface area contributed by atoms with Gasteiger partial charge in [-0.3, -0.25) is 0 Å². The van der Waals surface area contributed by atoms with Gasteiger partial charge in [0.2, 0.25) is 0 Å². The Labute approximate surface area is 116 Å². The smallest absolute Gasteiger partial charge is 0.126 e. The maximum atomic E-state index is 11.1. The third kappa shape index (κ3) is 2.51. The third-order valence-corrected chi connectivity index (χ3v) is 4.18. The molecule has 0 saturated heterocycles. The van der Waals surface area contributed by atoms with Crippen molar-refractivity contribution in [1.82, 2.24) is 0 Å². The van der Waals surface area contributed by atoms with Crippen molar-refractivity contribution < 1.29 is 9.84 Å². The summed E-state index contributed by atoms with van der Waals surface area (Å²) in [6.07, 6.45) is 0.631. The van der Waals surface area contributed by atoms with E-state index in [1.165, 1.54) is 5.56 Å². The molecule has 0 saturated carbocycles. The van der Waals surface area contributed by atoms with Gasteiger partial charge in [-0.1, -0.05) is 39.8 Å². The van der Waals surface area contributed by atoms with Gasteiger partial charge in [-0.25, -0.2) is 0 Å². The largest absolute Gasteiger partial charge is 0.487 e. The van der Waals surface area contributed by atoms with E-state index >= 15 is 0 Å². The Kier molecular flexibility index (Phi) is 3.42. The summed E-state index contributed by atoms with van der Waals surface area (Å²) in [5.74, 6) is 1.48. The summed E-state index contributed by atoms with van der Waals surface area (Å²) in [7, 11) is 0. The molecule has 0 fully saturated rings. The van der Waals surface area contributed by atoms with Gasteiger partial charge in [0, 0.05) is 12.0 Å². The summed E-state index contributed by atoms with van der Waals surface area (Å²) in [6.45, 7) is 12.6. The second kappa shape index (κ2) is 4.52. The number of benzene rings is 1. The molecule has 106 valence electrons. The highest BCUT2D eigenvalue weighted by Gasteiger charge is 2.45. The first-order chi connectivity index (χ1) is 8.66. The summed E-state index contributed by atoms with van der Waals surface area (Å²) < 4.78 is 6.10. The van der Waals surface area contributed by atoms with Gasteiger partial charge in [0.15, 0.2) is 0 Å². The van der Waals surface area contributed by atoms with Gasteiger partial charge in [-0.15, -0.1) is 0 Å². The lowest BCUT2D eigenvalue weighted by molar-refractivity contribution is -0.0923. The Morgan fingerprint density at radius 2 is 1.79 bits per heavy atom. The Balaban J connectivity index is 2.57. The molecule has 1 N–H and O–H groups in total. The molecule has 0 aliphatic carbocycles. The quantitative estimate of drug-likeness (QED) is 0.865. The molecule has 2 rings (SSSR count). The Morgan fingerprint density at radius 1 is 1.16 bits per heavy atom. The molecule has 19 heavy (non-hydrogen) atoms. The molecule has 2 nitrogen and oxygen atoms in total. The molecule has 0 amide bonds. The van der Waals surface area contributed by atoms with Crippen LogP contribution in [0.2, 0.25) is 0 Å². The molecule has 1 unspecified atom stereocenters. The van der Waals surface area contributed by atoms with Gasteiger partial charge in [0.05, 0.1) is 5.60 Å². The highest BCUT2D eigenvalue weighted by molar-refractivity contribution is 5.44. The number of rotatable bonds is 2. The van der Waals surface area contributed by atoms with Crippen molar-refractivity contribution in [2.24, 2.45) is 5.92 Å². The SMILES string of the molecule is CC(C)c1ccc2c(c1)OC(C)(C)CC2(O)C(C)C. The van der Waals surface area contributed by atoms with E-state index < -0.39 is 5.60 Å². The van der Waals surface area contributed by atoms with Crippen LogP contribution in [0.15, 0.2) is 18.2 Å². The van der Waals surface area contributed by atoms with Crippen molar-refractivity contribution in [1.29, 1.82) is 0 Å². The van der Waals surface area contributed by atoms with Crippen LogP contribution in [0, 0.1) is 5.92 Å². The summed E-state index contributed by atoms with van der Waals surface area (Å²) in [6, 6.07) is 6.24. The minimum Gasteiger partial charge on any atom is -0.487 e. The average Bonchev–Trinajstić information content (AvgIpc) is 2.26. The van der Waals surface area contributed by atoms with Gasteiger partial charge >= 0.3 is 0 Å². The normalized spacial score (nSPS) is 25.3. The molecule has 2 heteroatoms. The minimum absolute atomic E-state index is 0.166. The minimum atomic E-state index is -0.799. The summed E-state index contributed by atoms with van der Waals surface area (Å²) >= 11 is 0. The van der Waals surface area contributed by atoms with Gasteiger partial charge in [-0.05, 0) is 37.3 Å². The zero-order chi connectivity index (χ0) is 14.4. The standard InChI is InChI=1S/C17H26O2/c1-11(2)13-7-8-14-15(9-13)19-16(5,6)10-17(14,18)12(3)4/h7-9,11-12,18H,10H2,1-6H3. The molecule has 1 aromatic carbocycles. The van der Waals surface area contributed by atoms with Crippen molar-refractivity contribution in [2.45, 2.75) is 65.1 Å². The van der Waals surface area contributed by atoms with Crippen LogP contribution in [0.5, 0.6) is 5.75 Å². The number of hydrogen-bond acceptors (Lipinski definition) is 2. The fourth-order valence-electron chi connectivity index (χ4n) is 2.93. The van der Waals surface area contributed by atoms with Crippen LogP contribution in [0.4, 0.5) is 0 Å². The molecule has 1 aromatic rings. The van der Waals surface area contributed by atoms with E-state index in [-0.39, 0.29) is 11.5 Å². The van der Waals surface area contributed by atoms with Crippen LogP contribution >= 0.6 is 0 Å². The highest BCUT2D eigenvalue weighted by atomic mass is 16.5. The monoisotopic (exact) mass is 262 g/mol. The van der Waals surface area contributed by atoms with Crippen LogP contribution in [0.25, 0.3) is 0 Å². The topological polar surface area (TPSA) is 29.5 Å². The van der Waals surface area contributed by atoms with Crippen LogP contribution in [0.1, 0.15) is 65.0 Å². The number of aliphatic hydroxyl groups is 1. The maximum absolute atomic E-state index is 11.1. The van der Waals surface area contributed by atoms with Gasteiger partial charge in [0.1, 0.15) is 11.4 Å². The lowest BCUT2D eigenvalue weighted by Crippen LogP contribution is -2.47. The molecule has 1 heterocycles. The zero-order valence-electron chi connectivity index (χ0n) is 12.9. The first-order valence-electron chi connectivity index (χ1n) is 7.21. The molecule has 1 aliphatic heterocycles. The summed E-state index contributed by atoms with van der Waals surface area (Å²) in [5.41, 5.74) is 1.06. The van der Waals surface area contributed by atoms with Gasteiger partial charge in [-0.2, -0.15) is 0 Å². The van der Waals surface area contributed by atoms with E-state index in [0.29, 0.717) is 12.3 Å². The summed E-state index contributed by atoms with van der Waals surface area (Å²) in [4.78, 5) is 0. The molecule has 1 atom stereocenters. The van der Waals surface area contributed by atoms with Crippen LogP contribution in [-0.4, -0.2) is 10.7 Å². The first-order valence-corrected chi connectivity index (χ1v) is 7.21. The number of ether oxygens (including phenoxy) is 1. The van der Waals surface area contributed by atoms with E-state index in [9.17, 15) is 5.11 Å². The Morgan fingerprint density at radius 3 is 2.32 bits per heavy atom. The predicted octanol–water partition coefficient (Wildman–Crippen LogP) is 4.21. The number of fused-ring (bicyclic) bond motifs is 1. The molecular formula is C17H26O2. The van der Waals surface area contributed by atoms with Crippen LogP contribution < -0.4 is 4.74 Å². The van der Waals surface area contributed by atoms with Crippen molar-refractivity contribution in [3.63, 3.8) is 0 Å². The van der Waals surface area contributed by atoms with E-state index in [0.717, 1.165) is 11.3 Å². The average molecular weight is 262 g/mol. The predicted molar refractivity (Wildman–Crippen MR) is 78.6 cm³/mol. The lowest BCUT2D eigenvalue weighted by Gasteiger charge is -2.45. The van der Waals surface area contributed by atoms with Crippen molar-refractivity contribution >= 4 is 0 Å². The molecular weight excluding hydrogens is 236 g/mol. The second-order valence-corrected chi connectivity index (χ2v) is 7.03. The molecule has 0 spiro atoms. The first kappa shape index (κ1) is 14.4. The lowest BCUT2D eigenvalue weighted by atomic mass is 9.73. The number of hydrogen-bond donors (Lipinski definition) is 1. The Bertz CT molecular complexity index is 474. The summed E-state index contributed by atoms with van der Waals surface area (Å²) in [5, 5.41) is 11.1. The molecule has 1 aliphatic rings. The van der Waals surface area contributed by atoms with Crippen molar-refractivity contribution in [3.05, 3.63) is 29.3 Å². The van der Waals surface area contributed by atoms with Gasteiger partial charge < -0.3 is 9.84 Å². The fraction of sp³-hybridized carbons (Fsp3) is 0.647. The highest BCUT2D eigenvalue weighted by Crippen LogP contribution is 2.47. The Hall–Kier alpha value is -1.02. The fourth-order valence-corrected chi connectivity index (χ4v) is 2.93.